The standard InChI is InChI=1S/C30H32N3/c1-6-30(7-2)15-16-32-24-13-8-9-14-25(24)33-28(26-20(4)17-19(3)18-21(26)5)31-23-12-10-11-22(30)27(23)29(32)33/h8-14,17-18H,6-7,15-16H2,1-5H3/q+1. The summed E-state index contributed by atoms with van der Waals surface area (Å²) in [4.78, 5) is 5.41. The van der Waals surface area contributed by atoms with Gasteiger partial charge in [-0.2, -0.15) is 4.40 Å². The van der Waals surface area contributed by atoms with Gasteiger partial charge in [0.25, 0.3) is 5.65 Å². The molecule has 5 aromatic rings. The molecule has 0 aliphatic carbocycles. The van der Waals surface area contributed by atoms with Gasteiger partial charge in [0.1, 0.15) is 0 Å². The van der Waals surface area contributed by atoms with Crippen molar-refractivity contribution in [1.29, 1.82) is 0 Å². The maximum atomic E-state index is 5.41. The van der Waals surface area contributed by atoms with Gasteiger partial charge in [0.15, 0.2) is 11.0 Å². The minimum absolute atomic E-state index is 0.187. The van der Waals surface area contributed by atoms with Gasteiger partial charge in [0.2, 0.25) is 5.82 Å². The lowest BCUT2D eigenvalue weighted by Gasteiger charge is -2.31. The predicted octanol–water partition coefficient (Wildman–Crippen LogP) is 6.98. The molecule has 3 aromatic carbocycles. The zero-order valence-electron chi connectivity index (χ0n) is 20.4. The number of benzene rings is 3. The highest BCUT2D eigenvalue weighted by Crippen LogP contribution is 2.43. The van der Waals surface area contributed by atoms with Gasteiger partial charge in [0.05, 0.1) is 17.4 Å². The molecule has 0 unspecified atom stereocenters. The molecular weight excluding hydrogens is 402 g/mol. The van der Waals surface area contributed by atoms with Gasteiger partial charge in [-0.3, -0.25) is 0 Å². The zero-order chi connectivity index (χ0) is 22.9. The molecule has 6 rings (SSSR count). The highest BCUT2D eigenvalue weighted by Gasteiger charge is 2.38. The molecular formula is C30H32N3+. The molecule has 1 aliphatic rings. The summed E-state index contributed by atoms with van der Waals surface area (Å²) in [5.74, 6) is 1.06. The van der Waals surface area contributed by atoms with Crippen molar-refractivity contribution >= 4 is 27.6 Å². The van der Waals surface area contributed by atoms with Crippen molar-refractivity contribution in [3.05, 3.63) is 76.9 Å². The number of nitrogens with zero attached hydrogens (tertiary/aromatic N) is 3. The van der Waals surface area contributed by atoms with Crippen LogP contribution in [-0.4, -0.2) is 9.38 Å². The van der Waals surface area contributed by atoms with E-state index in [1.807, 2.05) is 0 Å². The van der Waals surface area contributed by atoms with Crippen LogP contribution in [0.15, 0.2) is 54.6 Å². The van der Waals surface area contributed by atoms with Crippen LogP contribution in [0.5, 0.6) is 0 Å². The second kappa shape index (κ2) is 7.15. The maximum Gasteiger partial charge on any atom is 0.298 e. The van der Waals surface area contributed by atoms with Crippen molar-refractivity contribution in [1.82, 2.24) is 9.38 Å². The summed E-state index contributed by atoms with van der Waals surface area (Å²) >= 11 is 0. The van der Waals surface area contributed by atoms with E-state index in [1.165, 1.54) is 49.9 Å². The molecule has 0 saturated carbocycles. The molecule has 33 heavy (non-hydrogen) atoms. The number of aromatic nitrogens is 3. The third kappa shape index (κ3) is 2.68. The Morgan fingerprint density at radius 1 is 0.939 bits per heavy atom. The summed E-state index contributed by atoms with van der Waals surface area (Å²) in [7, 11) is 0. The molecule has 0 radical (unpaired) electrons. The Bertz CT molecular complexity index is 1540. The van der Waals surface area contributed by atoms with Crippen molar-refractivity contribution in [2.24, 2.45) is 0 Å². The average molecular weight is 435 g/mol. The molecule has 2 aromatic heterocycles. The minimum Gasteiger partial charge on any atom is -0.222 e. The third-order valence-electron chi connectivity index (χ3n) is 8.22. The van der Waals surface area contributed by atoms with Crippen LogP contribution in [0.1, 0.15) is 55.4 Å². The lowest BCUT2D eigenvalue weighted by molar-refractivity contribution is -0.646. The average Bonchev–Trinajstić information content (AvgIpc) is 3.06. The van der Waals surface area contributed by atoms with E-state index < -0.39 is 0 Å². The van der Waals surface area contributed by atoms with Gasteiger partial charge < -0.3 is 0 Å². The third-order valence-corrected chi connectivity index (χ3v) is 8.22. The van der Waals surface area contributed by atoms with Crippen LogP contribution in [0.4, 0.5) is 0 Å². The number of aryl methyl sites for hydroxylation is 4. The first-order valence-electron chi connectivity index (χ1n) is 12.3. The van der Waals surface area contributed by atoms with Crippen LogP contribution in [0.3, 0.4) is 0 Å². The Kier molecular flexibility index (Phi) is 4.42. The SMILES string of the molecule is CCC1(CC)CC[n+]2c3ccccc3n3c(-c4c(C)cc(C)cc4C)nc4cccc1c4c32. The molecule has 0 atom stereocenters. The van der Waals surface area contributed by atoms with Crippen molar-refractivity contribution in [2.75, 3.05) is 0 Å². The molecule has 3 heteroatoms. The Morgan fingerprint density at radius 2 is 1.67 bits per heavy atom. The fourth-order valence-corrected chi connectivity index (χ4v) is 6.54. The highest BCUT2D eigenvalue weighted by molar-refractivity contribution is 5.99. The van der Waals surface area contributed by atoms with E-state index in [2.05, 4.69) is 98.2 Å². The number of hydrogen-bond donors (Lipinski definition) is 0. The van der Waals surface area contributed by atoms with E-state index >= 15 is 0 Å². The summed E-state index contributed by atoms with van der Waals surface area (Å²) in [6, 6.07) is 20.2. The van der Waals surface area contributed by atoms with Crippen LogP contribution in [0, 0.1) is 20.8 Å². The second-order valence-electron chi connectivity index (χ2n) is 9.95. The highest BCUT2D eigenvalue weighted by atomic mass is 15.2. The smallest absolute Gasteiger partial charge is 0.222 e. The summed E-state index contributed by atoms with van der Waals surface area (Å²) in [5, 5.41) is 1.33. The Labute approximate surface area is 195 Å². The number of rotatable bonds is 3. The van der Waals surface area contributed by atoms with Crippen molar-refractivity contribution < 1.29 is 4.57 Å². The van der Waals surface area contributed by atoms with Crippen LogP contribution in [0.25, 0.3) is 39.0 Å². The van der Waals surface area contributed by atoms with Crippen LogP contribution < -0.4 is 4.57 Å². The first kappa shape index (κ1) is 20.4. The van der Waals surface area contributed by atoms with Gasteiger partial charge in [-0.1, -0.05) is 55.8 Å². The number of para-hydroxylation sites is 2. The van der Waals surface area contributed by atoms with Crippen LogP contribution in [0.2, 0.25) is 0 Å². The van der Waals surface area contributed by atoms with E-state index in [-0.39, 0.29) is 5.41 Å². The maximum absolute atomic E-state index is 5.41. The van der Waals surface area contributed by atoms with Gasteiger partial charge in [-0.05, 0) is 80.3 Å². The van der Waals surface area contributed by atoms with Crippen molar-refractivity contribution in [3.63, 3.8) is 0 Å². The number of imidazole rings is 1. The molecule has 0 N–H and O–H groups in total. The van der Waals surface area contributed by atoms with Gasteiger partial charge in [-0.15, -0.1) is 0 Å². The summed E-state index contributed by atoms with van der Waals surface area (Å²) in [6.45, 7) is 12.4. The van der Waals surface area contributed by atoms with E-state index in [1.54, 1.807) is 0 Å². The molecule has 166 valence electrons. The normalized spacial score (nSPS) is 15.1. The molecule has 0 amide bonds. The Balaban J connectivity index is 1.89. The van der Waals surface area contributed by atoms with Crippen LogP contribution in [-0.2, 0) is 12.0 Å². The largest absolute Gasteiger partial charge is 0.298 e. The van der Waals surface area contributed by atoms with E-state index in [0.29, 0.717) is 0 Å². The molecule has 0 fully saturated rings. The zero-order valence-corrected chi connectivity index (χ0v) is 20.4. The van der Waals surface area contributed by atoms with Crippen molar-refractivity contribution in [2.45, 2.75) is 65.8 Å². The van der Waals surface area contributed by atoms with E-state index in [9.17, 15) is 0 Å². The Morgan fingerprint density at radius 3 is 2.39 bits per heavy atom. The topological polar surface area (TPSA) is 21.2 Å². The molecule has 0 spiro atoms. The summed E-state index contributed by atoms with van der Waals surface area (Å²) < 4.78 is 5.02. The molecule has 3 nitrogen and oxygen atoms in total. The molecule has 0 saturated heterocycles. The fraction of sp³-hybridized carbons (Fsp3) is 0.333. The van der Waals surface area contributed by atoms with Crippen LogP contribution >= 0.6 is 0 Å². The summed E-state index contributed by atoms with van der Waals surface area (Å²) in [5.41, 5.74) is 11.7. The number of hydrogen-bond acceptors (Lipinski definition) is 1. The lowest BCUT2D eigenvalue weighted by Crippen LogP contribution is -2.36. The number of fused-ring (bicyclic) bond motifs is 3. The van der Waals surface area contributed by atoms with E-state index in [4.69, 9.17) is 4.98 Å². The molecule has 1 aliphatic heterocycles. The van der Waals surface area contributed by atoms with Gasteiger partial charge >= 0.3 is 0 Å². The quantitative estimate of drug-likeness (QED) is 0.281. The molecule has 3 heterocycles. The first-order valence-corrected chi connectivity index (χ1v) is 12.3. The Hall–Kier alpha value is -3.20. The van der Waals surface area contributed by atoms with Crippen molar-refractivity contribution in [3.8, 4) is 11.4 Å². The second-order valence-corrected chi connectivity index (χ2v) is 9.95. The van der Waals surface area contributed by atoms with E-state index in [0.717, 1.165) is 37.1 Å². The fourth-order valence-electron chi connectivity index (χ4n) is 6.54. The lowest BCUT2D eigenvalue weighted by atomic mass is 9.72. The predicted molar refractivity (Wildman–Crippen MR) is 137 cm³/mol. The van der Waals surface area contributed by atoms with Gasteiger partial charge in [0, 0.05) is 5.56 Å². The minimum atomic E-state index is 0.187. The van der Waals surface area contributed by atoms with Gasteiger partial charge in [-0.25, -0.2) is 9.55 Å². The summed E-state index contributed by atoms with van der Waals surface area (Å²) in [6.07, 6.45) is 3.45. The monoisotopic (exact) mass is 434 g/mol. The first-order chi connectivity index (χ1) is 16.0. The molecule has 0 bridgehead atoms.